The Morgan fingerprint density at radius 3 is 1.01 bits per heavy atom. The van der Waals surface area contributed by atoms with Crippen molar-refractivity contribution in [3.8, 4) is 0 Å². The van der Waals surface area contributed by atoms with E-state index < -0.39 is 12.1 Å². The van der Waals surface area contributed by atoms with Crippen LogP contribution in [0.15, 0.2) is 36.5 Å². The van der Waals surface area contributed by atoms with Gasteiger partial charge in [0.15, 0.2) is 0 Å². The first-order chi connectivity index (χ1) is 38.0. The zero-order valence-corrected chi connectivity index (χ0v) is 52.0. The largest absolute Gasteiger partial charge is 0.466 e. The van der Waals surface area contributed by atoms with Crippen molar-refractivity contribution in [2.24, 2.45) is 0 Å². The van der Waals surface area contributed by atoms with Crippen LogP contribution in [0.2, 0.25) is 0 Å². The van der Waals surface area contributed by atoms with Gasteiger partial charge in [-0.2, -0.15) is 0 Å². The molecule has 2 unspecified atom stereocenters. The number of aliphatic hydroxyl groups excluding tert-OH is 2. The summed E-state index contributed by atoms with van der Waals surface area (Å²) in [6.45, 7) is 4.90. The van der Waals surface area contributed by atoms with Crippen LogP contribution >= 0.6 is 0 Å². The number of amides is 1. The maximum atomic E-state index is 12.5. The smallest absolute Gasteiger partial charge is 0.305 e. The Balaban J connectivity index is 3.38. The lowest BCUT2D eigenvalue weighted by Crippen LogP contribution is -2.45. The molecule has 0 aromatic rings. The summed E-state index contributed by atoms with van der Waals surface area (Å²) in [5.74, 6) is -0.0595. The zero-order valence-electron chi connectivity index (χ0n) is 52.0. The van der Waals surface area contributed by atoms with Gasteiger partial charge in [-0.05, 0) is 64.2 Å². The van der Waals surface area contributed by atoms with Gasteiger partial charge in [0.25, 0.3) is 0 Å². The van der Waals surface area contributed by atoms with E-state index in [-0.39, 0.29) is 18.5 Å². The Morgan fingerprint density at radius 2 is 0.649 bits per heavy atom. The van der Waals surface area contributed by atoms with Gasteiger partial charge >= 0.3 is 5.97 Å². The molecule has 0 rings (SSSR count). The first kappa shape index (κ1) is 75.1. The molecule has 6 nitrogen and oxygen atoms in total. The van der Waals surface area contributed by atoms with Crippen LogP contribution in [0.3, 0.4) is 0 Å². The van der Waals surface area contributed by atoms with Gasteiger partial charge in [-0.3, -0.25) is 9.59 Å². The molecule has 0 aliphatic carbocycles. The molecule has 3 N–H and O–H groups in total. The molecule has 6 heteroatoms. The molecule has 0 aliphatic heterocycles. The second-order valence-corrected chi connectivity index (χ2v) is 23.9. The number of aliphatic hydroxyl groups is 2. The minimum atomic E-state index is -0.844. The average molecular weight is 1080 g/mol. The van der Waals surface area contributed by atoms with Gasteiger partial charge in [0, 0.05) is 12.8 Å². The van der Waals surface area contributed by atoms with Crippen LogP contribution in [0.4, 0.5) is 0 Å². The molecule has 0 aromatic carbocycles. The van der Waals surface area contributed by atoms with Gasteiger partial charge in [0.2, 0.25) is 5.91 Å². The molecule has 0 saturated heterocycles. The number of ether oxygens (including phenoxy) is 1. The van der Waals surface area contributed by atoms with Gasteiger partial charge in [-0.25, -0.2) is 0 Å². The van der Waals surface area contributed by atoms with Crippen molar-refractivity contribution in [2.45, 2.75) is 392 Å². The standard InChI is InChI=1S/C71H135NO5/c1-3-5-7-9-11-13-15-17-19-20-29-32-36-39-43-47-51-55-59-63-69(74)68(67-73)72-70(75)64-60-56-52-48-44-40-37-33-30-27-25-23-21-22-24-26-28-31-34-38-42-46-50-54-58-62-66-77-71(76)65-61-57-53-49-45-41-35-18-16-14-12-10-8-6-4-2/h12,14,18,35,59,63,68-69,73-74H,3-11,13,15-17,19-34,36-58,60-62,64-67H2,1-2H3,(H,72,75)/b14-12-,35-18-,63-59+. The lowest BCUT2D eigenvalue weighted by molar-refractivity contribution is -0.143. The van der Waals surface area contributed by atoms with E-state index in [1.165, 1.54) is 302 Å². The third-order valence-corrected chi connectivity index (χ3v) is 16.2. The highest BCUT2D eigenvalue weighted by Crippen LogP contribution is 2.19. The molecular formula is C71H135NO5. The number of allylic oxidation sites excluding steroid dienone is 5. The molecule has 0 aromatic heterocycles. The molecule has 454 valence electrons. The van der Waals surface area contributed by atoms with Gasteiger partial charge < -0.3 is 20.3 Å². The molecule has 0 bridgehead atoms. The number of carbonyl (C=O) groups is 2. The van der Waals surface area contributed by atoms with Crippen LogP contribution in [0.25, 0.3) is 0 Å². The Kier molecular flexibility index (Phi) is 64.9. The minimum absolute atomic E-state index is 0.00320. The van der Waals surface area contributed by atoms with E-state index in [1.807, 2.05) is 6.08 Å². The number of esters is 1. The number of hydrogen-bond donors (Lipinski definition) is 3. The van der Waals surface area contributed by atoms with E-state index in [0.29, 0.717) is 19.4 Å². The van der Waals surface area contributed by atoms with Crippen molar-refractivity contribution >= 4 is 11.9 Å². The maximum absolute atomic E-state index is 12.5. The van der Waals surface area contributed by atoms with E-state index in [2.05, 4.69) is 43.5 Å². The first-order valence-electron chi connectivity index (χ1n) is 34.8. The number of carbonyl (C=O) groups excluding carboxylic acids is 2. The van der Waals surface area contributed by atoms with E-state index >= 15 is 0 Å². The predicted molar refractivity (Wildman–Crippen MR) is 338 cm³/mol. The molecule has 77 heavy (non-hydrogen) atoms. The molecular weight excluding hydrogens is 947 g/mol. The summed E-state index contributed by atoms with van der Waals surface area (Å²) in [6.07, 6.45) is 85.0. The third-order valence-electron chi connectivity index (χ3n) is 16.2. The average Bonchev–Trinajstić information content (AvgIpc) is 3.43. The first-order valence-corrected chi connectivity index (χ1v) is 34.8. The Morgan fingerprint density at radius 1 is 0.364 bits per heavy atom. The van der Waals surface area contributed by atoms with Crippen LogP contribution in [0.5, 0.6) is 0 Å². The van der Waals surface area contributed by atoms with E-state index in [0.717, 1.165) is 51.4 Å². The summed E-state index contributed by atoms with van der Waals surface area (Å²) in [5, 5.41) is 23.2. The summed E-state index contributed by atoms with van der Waals surface area (Å²) in [5.41, 5.74) is 0. The summed E-state index contributed by atoms with van der Waals surface area (Å²) >= 11 is 0. The normalized spacial score (nSPS) is 12.7. The Bertz CT molecular complexity index is 1250. The highest BCUT2D eigenvalue weighted by molar-refractivity contribution is 5.76. The molecule has 0 aliphatic rings. The molecule has 2 atom stereocenters. The quantitative estimate of drug-likeness (QED) is 0.0320. The van der Waals surface area contributed by atoms with Crippen molar-refractivity contribution in [2.75, 3.05) is 13.2 Å². The number of nitrogens with one attached hydrogen (secondary N) is 1. The third kappa shape index (κ3) is 63.1. The van der Waals surface area contributed by atoms with Crippen molar-refractivity contribution in [1.82, 2.24) is 5.32 Å². The Labute approximate surface area is 481 Å². The maximum Gasteiger partial charge on any atom is 0.305 e. The zero-order chi connectivity index (χ0) is 55.7. The van der Waals surface area contributed by atoms with Crippen LogP contribution in [0.1, 0.15) is 380 Å². The SMILES string of the molecule is CCCCC/C=C\C/C=C\CCCCCCCC(=O)OCCCCCCCCCCCCCCCCCCCCCCCCCCCCC(=O)NC(CO)C(O)/C=C/CCCCCCCCCCCCCCCCCCC. The summed E-state index contributed by atoms with van der Waals surface area (Å²) in [4.78, 5) is 24.6. The van der Waals surface area contributed by atoms with E-state index in [4.69, 9.17) is 4.74 Å². The minimum Gasteiger partial charge on any atom is -0.466 e. The lowest BCUT2D eigenvalue weighted by atomic mass is 10.0. The fourth-order valence-corrected chi connectivity index (χ4v) is 10.8. The van der Waals surface area contributed by atoms with E-state index in [9.17, 15) is 19.8 Å². The molecule has 0 fully saturated rings. The van der Waals surface area contributed by atoms with Gasteiger partial charge in [0.05, 0.1) is 25.4 Å². The molecule has 0 spiro atoms. The van der Waals surface area contributed by atoms with Gasteiger partial charge in [-0.15, -0.1) is 0 Å². The van der Waals surface area contributed by atoms with Gasteiger partial charge in [-0.1, -0.05) is 339 Å². The van der Waals surface area contributed by atoms with Crippen LogP contribution in [-0.4, -0.2) is 47.4 Å². The fraction of sp³-hybridized carbons (Fsp3) is 0.887. The molecule has 0 saturated carbocycles. The summed E-state index contributed by atoms with van der Waals surface area (Å²) < 4.78 is 5.49. The van der Waals surface area contributed by atoms with E-state index in [1.54, 1.807) is 6.08 Å². The van der Waals surface area contributed by atoms with Crippen molar-refractivity contribution < 1.29 is 24.5 Å². The van der Waals surface area contributed by atoms with Crippen molar-refractivity contribution in [3.63, 3.8) is 0 Å². The lowest BCUT2D eigenvalue weighted by Gasteiger charge is -2.20. The number of hydrogen-bond acceptors (Lipinski definition) is 5. The summed E-state index contributed by atoms with van der Waals surface area (Å²) in [7, 11) is 0. The van der Waals surface area contributed by atoms with Crippen LogP contribution in [0, 0.1) is 0 Å². The van der Waals surface area contributed by atoms with Crippen molar-refractivity contribution in [1.29, 1.82) is 0 Å². The molecule has 1 amide bonds. The Hall–Kier alpha value is -1.92. The van der Waals surface area contributed by atoms with Gasteiger partial charge in [0.1, 0.15) is 0 Å². The second-order valence-electron chi connectivity index (χ2n) is 23.9. The molecule has 0 heterocycles. The molecule has 0 radical (unpaired) electrons. The van der Waals surface area contributed by atoms with Crippen LogP contribution < -0.4 is 5.32 Å². The second kappa shape index (κ2) is 66.6. The monoisotopic (exact) mass is 1080 g/mol. The fourth-order valence-electron chi connectivity index (χ4n) is 10.8. The summed E-state index contributed by atoms with van der Waals surface area (Å²) in [6, 6.07) is -0.627. The topological polar surface area (TPSA) is 95.9 Å². The highest BCUT2D eigenvalue weighted by atomic mass is 16.5. The van der Waals surface area contributed by atoms with Crippen LogP contribution in [-0.2, 0) is 14.3 Å². The predicted octanol–water partition coefficient (Wildman–Crippen LogP) is 22.3. The number of rotatable bonds is 65. The number of unbranched alkanes of at least 4 members (excludes halogenated alkanes) is 50. The van der Waals surface area contributed by atoms with Crippen molar-refractivity contribution in [3.05, 3.63) is 36.5 Å². The highest BCUT2D eigenvalue weighted by Gasteiger charge is 2.18.